The molecule has 0 bridgehead atoms. The lowest BCUT2D eigenvalue weighted by atomic mass is 9.98. The normalized spacial score (nSPS) is 13.6. The summed E-state index contributed by atoms with van der Waals surface area (Å²) >= 11 is 0. The first-order chi connectivity index (χ1) is 9.90. The number of likely N-dealkylation sites (N-methyl/N-ethyl adjacent to an activating group) is 1. The van der Waals surface area contributed by atoms with E-state index in [4.69, 9.17) is 5.73 Å². The molecule has 4 heteroatoms. The molecule has 2 atom stereocenters. The summed E-state index contributed by atoms with van der Waals surface area (Å²) in [4.78, 5) is 16.3. The van der Waals surface area contributed by atoms with Crippen LogP contribution in [0.2, 0.25) is 0 Å². The standard InChI is InChI=1S/C17H29N3O/c1-6-13(3)16(18)17(21)20(7-2)12-14-8-10-15(11-9-14)19(4)5/h8-11,13,16H,6-7,12,18H2,1-5H3/t13-,16-/m0/s1. The van der Waals surface area contributed by atoms with Crippen LogP contribution in [0, 0.1) is 5.92 Å². The molecule has 0 radical (unpaired) electrons. The quantitative estimate of drug-likeness (QED) is 0.839. The molecule has 1 rings (SSSR count). The molecule has 0 aliphatic heterocycles. The maximum Gasteiger partial charge on any atom is 0.240 e. The Morgan fingerprint density at radius 3 is 2.19 bits per heavy atom. The van der Waals surface area contributed by atoms with E-state index in [0.717, 1.165) is 17.7 Å². The van der Waals surface area contributed by atoms with E-state index in [1.807, 2.05) is 32.8 Å². The van der Waals surface area contributed by atoms with Crippen molar-refractivity contribution in [1.29, 1.82) is 0 Å². The Bertz CT molecular complexity index is 442. The highest BCUT2D eigenvalue weighted by molar-refractivity contribution is 5.81. The van der Waals surface area contributed by atoms with Gasteiger partial charge in [0, 0.05) is 32.9 Å². The highest BCUT2D eigenvalue weighted by Gasteiger charge is 2.24. The predicted molar refractivity (Wildman–Crippen MR) is 89.3 cm³/mol. The second kappa shape index (κ2) is 8.03. The average Bonchev–Trinajstić information content (AvgIpc) is 2.50. The molecule has 0 aromatic heterocycles. The minimum Gasteiger partial charge on any atom is -0.378 e. The monoisotopic (exact) mass is 291 g/mol. The van der Waals surface area contributed by atoms with Crippen LogP contribution in [0.1, 0.15) is 32.8 Å². The number of carbonyl (C=O) groups is 1. The first-order valence-corrected chi connectivity index (χ1v) is 7.71. The number of anilines is 1. The van der Waals surface area contributed by atoms with Gasteiger partial charge in [0.25, 0.3) is 0 Å². The zero-order valence-electron chi connectivity index (χ0n) is 14.0. The molecule has 21 heavy (non-hydrogen) atoms. The van der Waals surface area contributed by atoms with Crippen LogP contribution in [-0.2, 0) is 11.3 Å². The van der Waals surface area contributed by atoms with Gasteiger partial charge < -0.3 is 15.5 Å². The maximum absolute atomic E-state index is 12.4. The van der Waals surface area contributed by atoms with E-state index in [1.165, 1.54) is 0 Å². The van der Waals surface area contributed by atoms with E-state index >= 15 is 0 Å². The molecule has 2 N–H and O–H groups in total. The van der Waals surface area contributed by atoms with Crippen molar-refractivity contribution >= 4 is 11.6 Å². The highest BCUT2D eigenvalue weighted by atomic mass is 16.2. The number of hydrogen-bond donors (Lipinski definition) is 1. The van der Waals surface area contributed by atoms with Gasteiger partial charge in [0.1, 0.15) is 0 Å². The molecule has 0 spiro atoms. The van der Waals surface area contributed by atoms with Gasteiger partial charge in [-0.25, -0.2) is 0 Å². The molecule has 0 aliphatic rings. The Kier molecular flexibility index (Phi) is 6.69. The Hall–Kier alpha value is -1.55. The summed E-state index contributed by atoms with van der Waals surface area (Å²) in [6, 6.07) is 7.88. The summed E-state index contributed by atoms with van der Waals surface area (Å²) in [5.41, 5.74) is 8.36. The Morgan fingerprint density at radius 1 is 1.19 bits per heavy atom. The largest absolute Gasteiger partial charge is 0.378 e. The summed E-state index contributed by atoms with van der Waals surface area (Å²) in [7, 11) is 4.03. The molecule has 1 aromatic carbocycles. The average molecular weight is 291 g/mol. The van der Waals surface area contributed by atoms with Crippen molar-refractivity contribution in [2.45, 2.75) is 39.8 Å². The molecule has 118 valence electrons. The van der Waals surface area contributed by atoms with Gasteiger partial charge in [0.15, 0.2) is 0 Å². The molecule has 0 aliphatic carbocycles. The van der Waals surface area contributed by atoms with Gasteiger partial charge in [-0.15, -0.1) is 0 Å². The van der Waals surface area contributed by atoms with Crippen LogP contribution in [-0.4, -0.2) is 37.5 Å². The Balaban J connectivity index is 2.75. The third kappa shape index (κ3) is 4.74. The molecule has 0 saturated carbocycles. The van der Waals surface area contributed by atoms with Gasteiger partial charge in [-0.05, 0) is 30.5 Å². The number of hydrogen-bond acceptors (Lipinski definition) is 3. The van der Waals surface area contributed by atoms with E-state index in [1.54, 1.807) is 0 Å². The van der Waals surface area contributed by atoms with Gasteiger partial charge in [-0.1, -0.05) is 32.4 Å². The van der Waals surface area contributed by atoms with Crippen LogP contribution in [0.4, 0.5) is 5.69 Å². The van der Waals surface area contributed by atoms with Crippen molar-refractivity contribution in [1.82, 2.24) is 4.90 Å². The van der Waals surface area contributed by atoms with Crippen molar-refractivity contribution in [3.8, 4) is 0 Å². The van der Waals surface area contributed by atoms with Crippen molar-refractivity contribution < 1.29 is 4.79 Å². The molecule has 0 fully saturated rings. The summed E-state index contributed by atoms with van der Waals surface area (Å²) in [5, 5.41) is 0. The fourth-order valence-corrected chi connectivity index (χ4v) is 2.17. The molecule has 4 nitrogen and oxygen atoms in total. The molecular weight excluding hydrogens is 262 g/mol. The Labute approximate surface area is 128 Å². The number of benzene rings is 1. The lowest BCUT2D eigenvalue weighted by Crippen LogP contribution is -2.46. The fourth-order valence-electron chi connectivity index (χ4n) is 2.17. The minimum absolute atomic E-state index is 0.0449. The van der Waals surface area contributed by atoms with Crippen molar-refractivity contribution in [3.63, 3.8) is 0 Å². The van der Waals surface area contributed by atoms with Crippen LogP contribution in [0.3, 0.4) is 0 Å². The summed E-state index contributed by atoms with van der Waals surface area (Å²) in [6.45, 7) is 7.39. The highest BCUT2D eigenvalue weighted by Crippen LogP contribution is 2.15. The molecular formula is C17H29N3O. The number of rotatable bonds is 7. The lowest BCUT2D eigenvalue weighted by molar-refractivity contribution is -0.134. The van der Waals surface area contributed by atoms with Crippen LogP contribution in [0.15, 0.2) is 24.3 Å². The van der Waals surface area contributed by atoms with Gasteiger partial charge >= 0.3 is 0 Å². The van der Waals surface area contributed by atoms with Gasteiger partial charge in [-0.3, -0.25) is 4.79 Å². The molecule has 1 amide bonds. The van der Waals surface area contributed by atoms with Crippen molar-refractivity contribution in [2.75, 3.05) is 25.5 Å². The Morgan fingerprint density at radius 2 is 1.76 bits per heavy atom. The zero-order chi connectivity index (χ0) is 16.0. The maximum atomic E-state index is 12.4. The number of nitrogens with two attached hydrogens (primary N) is 1. The number of amides is 1. The van der Waals surface area contributed by atoms with Crippen LogP contribution >= 0.6 is 0 Å². The summed E-state index contributed by atoms with van der Waals surface area (Å²) < 4.78 is 0. The summed E-state index contributed by atoms with van der Waals surface area (Å²) in [5.74, 6) is 0.256. The lowest BCUT2D eigenvalue weighted by Gasteiger charge is -2.27. The number of nitrogens with zero attached hydrogens (tertiary/aromatic N) is 2. The van der Waals surface area contributed by atoms with Crippen molar-refractivity contribution in [3.05, 3.63) is 29.8 Å². The molecule has 1 aromatic rings. The molecule has 0 unspecified atom stereocenters. The minimum atomic E-state index is -0.406. The second-order valence-corrected chi connectivity index (χ2v) is 5.82. The second-order valence-electron chi connectivity index (χ2n) is 5.82. The topological polar surface area (TPSA) is 49.6 Å². The zero-order valence-corrected chi connectivity index (χ0v) is 14.0. The van der Waals surface area contributed by atoms with E-state index < -0.39 is 6.04 Å². The summed E-state index contributed by atoms with van der Waals surface area (Å²) in [6.07, 6.45) is 0.919. The van der Waals surface area contributed by atoms with Gasteiger partial charge in [0.2, 0.25) is 5.91 Å². The molecule has 0 saturated heterocycles. The smallest absolute Gasteiger partial charge is 0.240 e. The van der Waals surface area contributed by atoms with Gasteiger partial charge in [-0.2, -0.15) is 0 Å². The van der Waals surface area contributed by atoms with Gasteiger partial charge in [0.05, 0.1) is 6.04 Å². The van der Waals surface area contributed by atoms with E-state index in [9.17, 15) is 4.79 Å². The van der Waals surface area contributed by atoms with E-state index in [-0.39, 0.29) is 11.8 Å². The SMILES string of the molecule is CC[C@H](C)[C@H](N)C(=O)N(CC)Cc1ccc(N(C)C)cc1. The first kappa shape index (κ1) is 17.5. The predicted octanol–water partition coefficient (Wildman–Crippen LogP) is 2.47. The van der Waals surface area contributed by atoms with Crippen molar-refractivity contribution in [2.24, 2.45) is 11.7 Å². The fraction of sp³-hybridized carbons (Fsp3) is 0.588. The van der Waals surface area contributed by atoms with E-state index in [0.29, 0.717) is 13.1 Å². The van der Waals surface area contributed by atoms with E-state index in [2.05, 4.69) is 36.1 Å². The van der Waals surface area contributed by atoms with Crippen LogP contribution in [0.5, 0.6) is 0 Å². The van der Waals surface area contributed by atoms with Crippen LogP contribution < -0.4 is 10.6 Å². The first-order valence-electron chi connectivity index (χ1n) is 7.71. The van der Waals surface area contributed by atoms with Crippen LogP contribution in [0.25, 0.3) is 0 Å². The third-order valence-corrected chi connectivity index (χ3v) is 4.06. The molecule has 0 heterocycles. The number of carbonyl (C=O) groups excluding carboxylic acids is 1. The third-order valence-electron chi connectivity index (χ3n) is 4.06.